The third kappa shape index (κ3) is 5.65. The molecule has 0 saturated carbocycles. The standard InChI is InChI=1S/C62H52N2O2Si2/c1-37-27-31-47(39(3)33-37)63(41-19-11-9-12-20-41)49-35-54-57(60-55(49)43-23-15-17-25-51(43)66-60)46-30-29-45-56-53(67(5,6)61(45)62(46)68(54,7)8)36-50(59-58(56)44-24-16-18-26-52(44)65-59)64(42-21-13-10-14-22-42)48-32-28-38(2)34-40(48)4/h9-36H,1-8H3. The molecular weight excluding hydrogens is 861 g/mol. The normalized spacial score (nSPS) is 14.1. The van der Waals surface area contributed by atoms with Gasteiger partial charge in [-0.25, -0.2) is 0 Å². The maximum atomic E-state index is 7.22. The second-order valence-electron chi connectivity index (χ2n) is 20.3. The molecule has 6 heteroatoms. The van der Waals surface area contributed by atoms with Crippen LogP contribution in [0, 0.1) is 27.7 Å². The van der Waals surface area contributed by atoms with Crippen molar-refractivity contribution < 1.29 is 8.83 Å². The van der Waals surface area contributed by atoms with E-state index < -0.39 is 16.1 Å². The van der Waals surface area contributed by atoms with Crippen molar-refractivity contribution in [1.82, 2.24) is 0 Å². The van der Waals surface area contributed by atoms with E-state index in [0.29, 0.717) is 0 Å². The van der Waals surface area contributed by atoms with E-state index >= 15 is 0 Å². The summed E-state index contributed by atoms with van der Waals surface area (Å²) >= 11 is 0. The lowest BCUT2D eigenvalue weighted by Gasteiger charge is -2.31. The number of aryl methyl sites for hydroxylation is 4. The zero-order valence-electron chi connectivity index (χ0n) is 39.9. The molecule has 11 aromatic rings. The van der Waals surface area contributed by atoms with Gasteiger partial charge in [0.2, 0.25) is 0 Å². The Morgan fingerprint density at radius 1 is 0.382 bits per heavy atom. The molecule has 0 spiro atoms. The Morgan fingerprint density at radius 2 is 0.824 bits per heavy atom. The number of furan rings is 2. The lowest BCUT2D eigenvalue weighted by atomic mass is 9.95. The molecule has 330 valence electrons. The topological polar surface area (TPSA) is 32.8 Å². The molecule has 68 heavy (non-hydrogen) atoms. The van der Waals surface area contributed by atoms with Gasteiger partial charge in [0.05, 0.1) is 16.8 Å². The molecule has 0 saturated heterocycles. The molecule has 9 aromatic carbocycles. The van der Waals surface area contributed by atoms with E-state index in [1.807, 2.05) is 0 Å². The fourth-order valence-corrected chi connectivity index (χ4v) is 20.8. The highest BCUT2D eigenvalue weighted by Gasteiger charge is 2.50. The highest BCUT2D eigenvalue weighted by atomic mass is 28.3. The Kier molecular flexibility index (Phi) is 8.75. The number of fused-ring (bicyclic) bond motifs is 15. The zero-order valence-corrected chi connectivity index (χ0v) is 41.9. The van der Waals surface area contributed by atoms with Gasteiger partial charge in [0, 0.05) is 44.5 Å². The van der Waals surface area contributed by atoms with Gasteiger partial charge >= 0.3 is 0 Å². The number of benzene rings is 9. The maximum Gasteiger partial charge on any atom is 0.160 e. The molecule has 2 aliphatic heterocycles. The fraction of sp³-hybridized carbons (Fsp3) is 0.129. The molecular formula is C62H52N2O2Si2. The van der Waals surface area contributed by atoms with Crippen LogP contribution in [-0.2, 0) is 0 Å². The minimum absolute atomic E-state index is 0.911. The van der Waals surface area contributed by atoms with Crippen molar-refractivity contribution in [2.75, 3.05) is 9.80 Å². The van der Waals surface area contributed by atoms with Gasteiger partial charge < -0.3 is 18.6 Å². The van der Waals surface area contributed by atoms with Crippen LogP contribution in [0.3, 0.4) is 0 Å². The predicted molar refractivity (Wildman–Crippen MR) is 294 cm³/mol. The molecule has 0 atom stereocenters. The molecule has 13 rings (SSSR count). The van der Waals surface area contributed by atoms with Gasteiger partial charge in [0.15, 0.2) is 5.58 Å². The lowest BCUT2D eigenvalue weighted by Crippen LogP contribution is -2.63. The monoisotopic (exact) mass is 912 g/mol. The van der Waals surface area contributed by atoms with Crippen LogP contribution in [0.4, 0.5) is 34.1 Å². The van der Waals surface area contributed by atoms with Crippen LogP contribution >= 0.6 is 0 Å². The smallest absolute Gasteiger partial charge is 0.160 e. The number of hydrogen-bond acceptors (Lipinski definition) is 4. The Hall–Kier alpha value is -7.39. The molecule has 0 bridgehead atoms. The first kappa shape index (κ1) is 40.9. The number of rotatable bonds is 6. The van der Waals surface area contributed by atoms with Gasteiger partial charge in [0.1, 0.15) is 32.9 Å². The quantitative estimate of drug-likeness (QED) is 0.156. The number of nitrogens with zero attached hydrogens (tertiary/aromatic N) is 2. The summed E-state index contributed by atoms with van der Waals surface area (Å²) in [7, 11) is -4.95. The molecule has 4 heterocycles. The van der Waals surface area contributed by atoms with Gasteiger partial charge in [-0.05, 0) is 137 Å². The third-order valence-electron chi connectivity index (χ3n) is 15.3. The number of anilines is 6. The van der Waals surface area contributed by atoms with E-state index in [9.17, 15) is 0 Å². The molecule has 2 aromatic heterocycles. The molecule has 0 amide bonds. The van der Waals surface area contributed by atoms with Crippen molar-refractivity contribution in [3.8, 4) is 22.3 Å². The Bertz CT molecular complexity index is 3920. The first-order valence-corrected chi connectivity index (χ1v) is 29.9. The Morgan fingerprint density at radius 3 is 1.37 bits per heavy atom. The second-order valence-corrected chi connectivity index (χ2v) is 28.9. The second kappa shape index (κ2) is 14.6. The van der Waals surface area contributed by atoms with Crippen molar-refractivity contribution in [1.29, 1.82) is 0 Å². The summed E-state index contributed by atoms with van der Waals surface area (Å²) in [5.74, 6) is 0. The van der Waals surface area contributed by atoms with E-state index in [1.54, 1.807) is 10.4 Å². The first-order valence-electron chi connectivity index (χ1n) is 23.9. The van der Waals surface area contributed by atoms with Crippen molar-refractivity contribution in [3.05, 3.63) is 192 Å². The highest BCUT2D eigenvalue weighted by Crippen LogP contribution is 2.51. The summed E-state index contributed by atoms with van der Waals surface area (Å²) in [4.78, 5) is 4.93. The zero-order chi connectivity index (χ0) is 46.4. The highest BCUT2D eigenvalue weighted by molar-refractivity contribution is 7.13. The average Bonchev–Trinajstić information content (AvgIpc) is 4.04. The lowest BCUT2D eigenvalue weighted by molar-refractivity contribution is 0.669. The van der Waals surface area contributed by atoms with Gasteiger partial charge in [-0.1, -0.05) is 147 Å². The van der Waals surface area contributed by atoms with E-state index in [-0.39, 0.29) is 0 Å². The number of para-hydroxylation sites is 4. The molecule has 0 fully saturated rings. The summed E-state index contributed by atoms with van der Waals surface area (Å²) in [5.41, 5.74) is 20.8. The molecule has 0 radical (unpaired) electrons. The van der Waals surface area contributed by atoms with Crippen LogP contribution in [0.5, 0.6) is 0 Å². The van der Waals surface area contributed by atoms with Crippen LogP contribution in [0.15, 0.2) is 179 Å². The first-order chi connectivity index (χ1) is 32.9. The van der Waals surface area contributed by atoms with Crippen LogP contribution < -0.4 is 30.5 Å². The van der Waals surface area contributed by atoms with E-state index in [2.05, 4.69) is 234 Å². The van der Waals surface area contributed by atoms with Crippen molar-refractivity contribution in [3.63, 3.8) is 0 Å². The van der Waals surface area contributed by atoms with E-state index in [1.165, 1.54) is 66.0 Å². The summed E-state index contributed by atoms with van der Waals surface area (Å²) in [6.45, 7) is 19.2. The fourth-order valence-electron chi connectivity index (χ4n) is 12.3. The summed E-state index contributed by atoms with van der Waals surface area (Å²) in [5, 5.41) is 10.7. The van der Waals surface area contributed by atoms with Crippen molar-refractivity contribution in [2.45, 2.75) is 53.9 Å². The van der Waals surface area contributed by atoms with Gasteiger partial charge in [0.25, 0.3) is 0 Å². The molecule has 0 aliphatic carbocycles. The summed E-state index contributed by atoms with van der Waals surface area (Å²) < 4.78 is 14.3. The van der Waals surface area contributed by atoms with E-state index in [4.69, 9.17) is 8.83 Å². The minimum atomic E-state index is -2.48. The van der Waals surface area contributed by atoms with Crippen molar-refractivity contribution >= 4 is 115 Å². The van der Waals surface area contributed by atoms with Gasteiger partial charge in [-0.2, -0.15) is 0 Å². The van der Waals surface area contributed by atoms with Crippen molar-refractivity contribution in [2.24, 2.45) is 0 Å². The van der Waals surface area contributed by atoms with Gasteiger partial charge in [-0.15, -0.1) is 0 Å². The molecule has 4 nitrogen and oxygen atoms in total. The minimum Gasteiger partial charge on any atom is -0.455 e. The summed E-state index contributed by atoms with van der Waals surface area (Å²) in [6, 6.07) is 62.7. The average molecular weight is 913 g/mol. The molecule has 2 aliphatic rings. The predicted octanol–water partition coefficient (Wildman–Crippen LogP) is 15.3. The largest absolute Gasteiger partial charge is 0.455 e. The number of hydrogen-bond donors (Lipinski definition) is 0. The van der Waals surface area contributed by atoms with Crippen LogP contribution in [0.1, 0.15) is 22.3 Å². The molecule has 0 N–H and O–H groups in total. The third-order valence-corrected chi connectivity index (χ3v) is 22.6. The Labute approximate surface area is 399 Å². The van der Waals surface area contributed by atoms with Gasteiger partial charge in [-0.3, -0.25) is 0 Å². The Balaban J connectivity index is 1.10. The van der Waals surface area contributed by atoms with Crippen LogP contribution in [0.2, 0.25) is 26.2 Å². The summed E-state index contributed by atoms with van der Waals surface area (Å²) in [6.07, 6.45) is 0. The van der Waals surface area contributed by atoms with Crippen LogP contribution in [0.25, 0.3) is 66.1 Å². The SMILES string of the molecule is Cc1ccc(N(c2ccccc2)c2cc3c(c4c2oc2ccccc24)-c2ccc4c(c2[Si]3(C)C)[Si](C)(C)c2cc(N(c3ccccc3)c3ccc(C)cc3C)c3c(oc5ccccc53)c2-4)c(C)c1. The maximum absolute atomic E-state index is 7.22. The van der Waals surface area contributed by atoms with Crippen LogP contribution in [-0.4, -0.2) is 16.1 Å². The molecule has 0 unspecified atom stereocenters. The van der Waals surface area contributed by atoms with E-state index in [0.717, 1.165) is 66.9 Å².